The molecular weight excluding hydrogens is 510 g/mol. The molecule has 3 aromatic carbocycles. The molecule has 1 heterocycles. The zero-order valence-corrected chi connectivity index (χ0v) is 20.9. The van der Waals surface area contributed by atoms with Gasteiger partial charge in [-0.15, -0.1) is 0 Å². The molecule has 6 nitrogen and oxygen atoms in total. The monoisotopic (exact) mass is 532 g/mol. The van der Waals surface area contributed by atoms with Crippen LogP contribution in [0, 0.1) is 18.6 Å². The van der Waals surface area contributed by atoms with Gasteiger partial charge in [0.05, 0.1) is 18.7 Å². The number of aryl methyl sites for hydroxylation is 1. The summed E-state index contributed by atoms with van der Waals surface area (Å²) in [5.41, 5.74) is 2.40. The van der Waals surface area contributed by atoms with Crippen LogP contribution in [0.25, 0.3) is 0 Å². The zero-order chi connectivity index (χ0) is 25.8. The number of ether oxygens (including phenoxy) is 1. The maximum Gasteiger partial charge on any atom is 0.262 e. The molecule has 0 unspecified atom stereocenters. The molecule has 4 rings (SSSR count). The molecule has 0 saturated carbocycles. The minimum atomic E-state index is -1.15. The van der Waals surface area contributed by atoms with Crippen molar-refractivity contribution in [3.05, 3.63) is 87.9 Å². The summed E-state index contributed by atoms with van der Waals surface area (Å²) in [6.45, 7) is 2.93. The minimum absolute atomic E-state index is 0.0179. The van der Waals surface area contributed by atoms with Crippen molar-refractivity contribution in [3.8, 4) is 5.75 Å². The van der Waals surface area contributed by atoms with Crippen molar-refractivity contribution in [1.82, 2.24) is 0 Å². The van der Waals surface area contributed by atoms with Gasteiger partial charge in [-0.2, -0.15) is 0 Å². The van der Waals surface area contributed by atoms with E-state index in [9.17, 15) is 22.9 Å². The van der Waals surface area contributed by atoms with E-state index in [4.69, 9.17) is 16.3 Å². The molecule has 1 N–H and O–H groups in total. The van der Waals surface area contributed by atoms with Crippen molar-refractivity contribution in [1.29, 1.82) is 0 Å². The zero-order valence-electron chi connectivity index (χ0n) is 19.4. The first-order valence-corrected chi connectivity index (χ1v) is 13.0. The van der Waals surface area contributed by atoms with Crippen LogP contribution in [-0.2, 0) is 16.0 Å². The van der Waals surface area contributed by atoms with Gasteiger partial charge >= 0.3 is 0 Å². The highest BCUT2D eigenvalue weighted by molar-refractivity contribution is 7.91. The van der Waals surface area contributed by atoms with Crippen LogP contribution in [-0.4, -0.2) is 47.4 Å². The minimum Gasteiger partial charge on any atom is -0.616 e. The number of halogens is 3. The molecule has 1 amide bonds. The fraction of sp³-hybridized carbons (Fsp3) is 0.231. The van der Waals surface area contributed by atoms with Crippen LogP contribution in [0.2, 0.25) is 5.02 Å². The van der Waals surface area contributed by atoms with E-state index in [-0.39, 0.29) is 21.9 Å². The van der Waals surface area contributed by atoms with Gasteiger partial charge in [-0.05, 0) is 67.1 Å². The Morgan fingerprint density at radius 1 is 1.06 bits per heavy atom. The number of rotatable bonds is 7. The normalized spacial score (nSPS) is 14.0. The number of amides is 1. The number of hydrogen-bond acceptors (Lipinski definition) is 5. The van der Waals surface area contributed by atoms with Gasteiger partial charge in [0.1, 0.15) is 17.3 Å². The number of ketones is 1. The standard InChI is InChI=1S/C26H23ClF2N2O4S/c1-16-12-19(31-8-10-36(34)11-9-31)4-6-23(16)30-25(32)15-35-24-7-3-18(27)14-20(24)26(33)17-2-5-21(28)22(29)13-17/h2-7,12-14H,8-11,15H2,1H3,(H,30,32). The van der Waals surface area contributed by atoms with Gasteiger partial charge in [0, 0.05) is 22.0 Å². The summed E-state index contributed by atoms with van der Waals surface area (Å²) >= 11 is 5.27. The van der Waals surface area contributed by atoms with Crippen LogP contribution in [0.3, 0.4) is 0 Å². The highest BCUT2D eigenvalue weighted by Gasteiger charge is 2.21. The SMILES string of the molecule is Cc1cc(N2CC[S+]([O-])CC2)ccc1NC(=O)COc1ccc(Cl)cc1C(=O)c1ccc(F)c(F)c1. The maximum atomic E-state index is 13.6. The molecule has 3 aromatic rings. The van der Waals surface area contributed by atoms with E-state index in [0.717, 1.165) is 42.5 Å². The van der Waals surface area contributed by atoms with Crippen molar-refractivity contribution in [2.45, 2.75) is 6.92 Å². The summed E-state index contributed by atoms with van der Waals surface area (Å²) in [5, 5.41) is 3.03. The van der Waals surface area contributed by atoms with Crippen LogP contribution < -0.4 is 15.0 Å². The number of hydrogen-bond donors (Lipinski definition) is 1. The summed E-state index contributed by atoms with van der Waals surface area (Å²) in [5.74, 6) is -1.93. The fourth-order valence-corrected chi connectivity index (χ4v) is 5.03. The Bertz CT molecular complexity index is 1300. The highest BCUT2D eigenvalue weighted by atomic mass is 35.5. The summed E-state index contributed by atoms with van der Waals surface area (Å²) < 4.78 is 44.1. The number of nitrogens with one attached hydrogen (secondary N) is 1. The molecule has 36 heavy (non-hydrogen) atoms. The van der Waals surface area contributed by atoms with E-state index in [1.54, 1.807) is 6.07 Å². The first-order chi connectivity index (χ1) is 17.2. The van der Waals surface area contributed by atoms with Gasteiger partial charge in [0.25, 0.3) is 5.91 Å². The maximum absolute atomic E-state index is 13.6. The van der Waals surface area contributed by atoms with Crippen molar-refractivity contribution >= 4 is 45.8 Å². The number of carbonyl (C=O) groups excluding carboxylic acids is 2. The average molecular weight is 533 g/mol. The molecule has 0 aromatic heterocycles. The van der Waals surface area contributed by atoms with Gasteiger partial charge in [0.2, 0.25) is 0 Å². The first-order valence-electron chi connectivity index (χ1n) is 11.1. The van der Waals surface area contributed by atoms with E-state index in [1.165, 1.54) is 18.2 Å². The average Bonchev–Trinajstić information content (AvgIpc) is 2.86. The Morgan fingerprint density at radius 2 is 1.81 bits per heavy atom. The van der Waals surface area contributed by atoms with Crippen LogP contribution >= 0.6 is 11.6 Å². The van der Waals surface area contributed by atoms with Gasteiger partial charge in [-0.25, -0.2) is 8.78 Å². The lowest BCUT2D eigenvalue weighted by molar-refractivity contribution is -0.118. The Kier molecular flexibility index (Phi) is 8.13. The third-order valence-electron chi connectivity index (χ3n) is 5.75. The van der Waals surface area contributed by atoms with E-state index < -0.39 is 41.1 Å². The lowest BCUT2D eigenvalue weighted by Crippen LogP contribution is -2.40. The Hall–Kier alpha value is -3.14. The summed E-state index contributed by atoms with van der Waals surface area (Å²) in [4.78, 5) is 27.6. The number of carbonyl (C=O) groups is 2. The molecule has 1 aliphatic heterocycles. The van der Waals surface area contributed by atoms with Crippen LogP contribution in [0.15, 0.2) is 54.6 Å². The number of anilines is 2. The van der Waals surface area contributed by atoms with Gasteiger partial charge < -0.3 is 19.5 Å². The van der Waals surface area contributed by atoms with E-state index in [0.29, 0.717) is 17.2 Å². The molecule has 1 fully saturated rings. The number of benzene rings is 3. The molecule has 0 aliphatic carbocycles. The van der Waals surface area contributed by atoms with Gasteiger partial charge in [0.15, 0.2) is 24.0 Å². The first kappa shape index (κ1) is 25.9. The lowest BCUT2D eigenvalue weighted by Gasteiger charge is -2.30. The largest absolute Gasteiger partial charge is 0.616 e. The molecule has 10 heteroatoms. The third-order valence-corrected chi connectivity index (χ3v) is 7.26. The molecule has 0 atom stereocenters. The predicted molar refractivity (Wildman–Crippen MR) is 137 cm³/mol. The molecule has 0 spiro atoms. The second-order valence-corrected chi connectivity index (χ2v) is 10.4. The van der Waals surface area contributed by atoms with E-state index in [1.807, 2.05) is 19.1 Å². The van der Waals surface area contributed by atoms with Crippen molar-refractivity contribution in [3.63, 3.8) is 0 Å². The summed E-state index contributed by atoms with van der Waals surface area (Å²) in [7, 11) is 0. The van der Waals surface area contributed by atoms with Crippen LogP contribution in [0.1, 0.15) is 21.5 Å². The molecule has 0 radical (unpaired) electrons. The Labute approximate surface area is 215 Å². The van der Waals surface area contributed by atoms with Crippen molar-refractivity contribution < 1.29 is 27.7 Å². The van der Waals surface area contributed by atoms with Crippen molar-refractivity contribution in [2.75, 3.05) is 41.4 Å². The molecule has 188 valence electrons. The summed E-state index contributed by atoms with van der Waals surface area (Å²) in [6, 6.07) is 12.8. The smallest absolute Gasteiger partial charge is 0.262 e. The van der Waals surface area contributed by atoms with Crippen molar-refractivity contribution in [2.24, 2.45) is 0 Å². The third kappa shape index (κ3) is 6.16. The second kappa shape index (κ2) is 11.3. The van der Waals surface area contributed by atoms with E-state index >= 15 is 0 Å². The molecule has 1 aliphatic rings. The second-order valence-electron chi connectivity index (χ2n) is 8.27. The van der Waals surface area contributed by atoms with Crippen LogP contribution in [0.5, 0.6) is 5.75 Å². The Balaban J connectivity index is 1.42. The van der Waals surface area contributed by atoms with Crippen LogP contribution in [0.4, 0.5) is 20.2 Å². The molecule has 1 saturated heterocycles. The molecular formula is C26H23ClF2N2O4S. The quantitative estimate of drug-likeness (QED) is 0.351. The predicted octanol–water partition coefficient (Wildman–Crippen LogP) is 4.74. The fourth-order valence-electron chi connectivity index (χ4n) is 3.81. The highest BCUT2D eigenvalue weighted by Crippen LogP contribution is 2.27. The number of nitrogens with zero attached hydrogens (tertiary/aromatic N) is 1. The van der Waals surface area contributed by atoms with Gasteiger partial charge in [-0.3, -0.25) is 9.59 Å². The topological polar surface area (TPSA) is 81.7 Å². The van der Waals surface area contributed by atoms with E-state index in [2.05, 4.69) is 10.2 Å². The lowest BCUT2D eigenvalue weighted by atomic mass is 10.0. The molecule has 0 bridgehead atoms. The Morgan fingerprint density at radius 3 is 2.50 bits per heavy atom. The summed E-state index contributed by atoms with van der Waals surface area (Å²) in [6.07, 6.45) is 0. The van der Waals surface area contributed by atoms with Gasteiger partial charge in [-0.1, -0.05) is 22.8 Å².